The van der Waals surface area contributed by atoms with Crippen molar-refractivity contribution in [1.29, 1.82) is 0 Å². The van der Waals surface area contributed by atoms with Gasteiger partial charge in [-0.15, -0.1) is 0 Å². The lowest BCUT2D eigenvalue weighted by atomic mass is 9.91. The Bertz CT molecular complexity index is 533. The molecule has 0 aliphatic carbocycles. The first-order chi connectivity index (χ1) is 10.8. The number of carbonyl (C=O) groups is 2. The van der Waals surface area contributed by atoms with Crippen LogP contribution in [0, 0.1) is 11.3 Å². The van der Waals surface area contributed by atoms with Gasteiger partial charge in [-0.05, 0) is 25.0 Å². The van der Waals surface area contributed by atoms with E-state index >= 15 is 0 Å². The molecule has 2 heterocycles. The highest BCUT2D eigenvalue weighted by atomic mass is 16.4. The molecule has 0 radical (unpaired) electrons. The molecule has 128 valence electrons. The van der Waals surface area contributed by atoms with Crippen LogP contribution in [0.25, 0.3) is 0 Å². The number of likely N-dealkylation sites (tertiary alicyclic amines) is 1. The number of furan rings is 1. The number of hydrogen-bond donors (Lipinski definition) is 2. The number of piperidine rings is 1. The van der Waals surface area contributed by atoms with Crippen molar-refractivity contribution >= 4 is 11.8 Å². The van der Waals surface area contributed by atoms with Crippen LogP contribution >= 0.6 is 0 Å². The van der Waals surface area contributed by atoms with Gasteiger partial charge in [0.1, 0.15) is 11.9 Å². The zero-order valence-electron chi connectivity index (χ0n) is 14.0. The Labute approximate surface area is 136 Å². The smallest absolute Gasteiger partial charge is 0.227 e. The third-order valence-electron chi connectivity index (χ3n) is 4.06. The maximum atomic E-state index is 12.4. The van der Waals surface area contributed by atoms with Gasteiger partial charge in [-0.25, -0.2) is 0 Å². The lowest BCUT2D eigenvalue weighted by Crippen LogP contribution is -2.49. The van der Waals surface area contributed by atoms with Gasteiger partial charge in [-0.1, -0.05) is 20.8 Å². The molecule has 0 spiro atoms. The number of nitrogens with zero attached hydrogens (tertiary/aromatic N) is 1. The molecule has 1 saturated heterocycles. The number of aliphatic hydroxyl groups is 1. The SMILES string of the molecule is CC(C)(C)C(=O)N1CCCC(C(=O)NCC(O)c2ccco2)C1. The minimum atomic E-state index is -0.857. The van der Waals surface area contributed by atoms with E-state index in [1.165, 1.54) is 6.26 Å². The van der Waals surface area contributed by atoms with Crippen molar-refractivity contribution in [3.8, 4) is 0 Å². The molecule has 0 saturated carbocycles. The minimum absolute atomic E-state index is 0.0746. The molecule has 1 aliphatic rings. The van der Waals surface area contributed by atoms with Crippen molar-refractivity contribution in [2.45, 2.75) is 39.7 Å². The summed E-state index contributed by atoms with van der Waals surface area (Å²) in [7, 11) is 0. The van der Waals surface area contributed by atoms with Gasteiger partial charge >= 0.3 is 0 Å². The van der Waals surface area contributed by atoms with E-state index in [0.29, 0.717) is 18.8 Å². The summed E-state index contributed by atoms with van der Waals surface area (Å²) >= 11 is 0. The second-order valence-corrected chi connectivity index (χ2v) is 7.12. The van der Waals surface area contributed by atoms with Gasteiger partial charge in [0.05, 0.1) is 18.7 Å². The highest BCUT2D eigenvalue weighted by molar-refractivity contribution is 5.83. The molecule has 2 unspecified atom stereocenters. The first-order valence-electron chi connectivity index (χ1n) is 8.07. The van der Waals surface area contributed by atoms with Crippen LogP contribution in [-0.4, -0.2) is 41.5 Å². The maximum Gasteiger partial charge on any atom is 0.227 e. The van der Waals surface area contributed by atoms with Crippen molar-refractivity contribution in [2.75, 3.05) is 19.6 Å². The van der Waals surface area contributed by atoms with Crippen molar-refractivity contribution in [1.82, 2.24) is 10.2 Å². The third kappa shape index (κ3) is 4.58. The summed E-state index contributed by atoms with van der Waals surface area (Å²) in [5.41, 5.74) is -0.437. The topological polar surface area (TPSA) is 82.8 Å². The Balaban J connectivity index is 1.86. The Hall–Kier alpha value is -1.82. The Morgan fingerprint density at radius 3 is 2.83 bits per heavy atom. The van der Waals surface area contributed by atoms with E-state index in [0.717, 1.165) is 12.8 Å². The van der Waals surface area contributed by atoms with E-state index in [1.54, 1.807) is 17.0 Å². The van der Waals surface area contributed by atoms with Crippen LogP contribution in [0.15, 0.2) is 22.8 Å². The first kappa shape index (κ1) is 17.5. The van der Waals surface area contributed by atoms with Crippen LogP contribution in [0.5, 0.6) is 0 Å². The standard InChI is InChI=1S/C17H26N2O4/c1-17(2,3)16(22)19-8-4-6-12(11-19)15(21)18-10-13(20)14-7-5-9-23-14/h5,7,9,12-13,20H,4,6,8,10-11H2,1-3H3,(H,18,21). The van der Waals surface area contributed by atoms with Gasteiger partial charge in [0, 0.05) is 18.5 Å². The van der Waals surface area contributed by atoms with Crippen LogP contribution in [0.3, 0.4) is 0 Å². The molecule has 6 heteroatoms. The zero-order valence-corrected chi connectivity index (χ0v) is 14.0. The average Bonchev–Trinajstić information content (AvgIpc) is 3.05. The number of rotatable bonds is 4. The van der Waals surface area contributed by atoms with Crippen molar-refractivity contribution < 1.29 is 19.1 Å². The minimum Gasteiger partial charge on any atom is -0.467 e. The van der Waals surface area contributed by atoms with Crippen molar-refractivity contribution in [3.63, 3.8) is 0 Å². The van der Waals surface area contributed by atoms with E-state index in [2.05, 4.69) is 5.32 Å². The van der Waals surface area contributed by atoms with Crippen molar-refractivity contribution in [3.05, 3.63) is 24.2 Å². The van der Waals surface area contributed by atoms with Crippen LogP contribution in [0.1, 0.15) is 45.5 Å². The molecule has 1 fully saturated rings. The Morgan fingerprint density at radius 1 is 1.48 bits per heavy atom. The molecule has 6 nitrogen and oxygen atoms in total. The van der Waals surface area contributed by atoms with Crippen LogP contribution in [-0.2, 0) is 9.59 Å². The molecular weight excluding hydrogens is 296 g/mol. The fourth-order valence-corrected chi connectivity index (χ4v) is 2.77. The first-order valence-corrected chi connectivity index (χ1v) is 8.07. The van der Waals surface area contributed by atoms with Crippen LogP contribution in [0.4, 0.5) is 0 Å². The largest absolute Gasteiger partial charge is 0.467 e. The third-order valence-corrected chi connectivity index (χ3v) is 4.06. The number of nitrogens with one attached hydrogen (secondary N) is 1. The van der Waals surface area contributed by atoms with Crippen molar-refractivity contribution in [2.24, 2.45) is 11.3 Å². The second-order valence-electron chi connectivity index (χ2n) is 7.12. The summed E-state index contributed by atoms with van der Waals surface area (Å²) in [5.74, 6) is 0.157. The van der Waals surface area contributed by atoms with Gasteiger partial charge in [0.25, 0.3) is 0 Å². The molecule has 0 aromatic carbocycles. The fourth-order valence-electron chi connectivity index (χ4n) is 2.77. The maximum absolute atomic E-state index is 12.4. The number of carbonyl (C=O) groups excluding carboxylic acids is 2. The lowest BCUT2D eigenvalue weighted by Gasteiger charge is -2.36. The normalized spacial score (nSPS) is 20.2. The van der Waals surface area contributed by atoms with Gasteiger partial charge in [-0.3, -0.25) is 9.59 Å². The van der Waals surface area contributed by atoms with E-state index in [-0.39, 0.29) is 24.3 Å². The highest BCUT2D eigenvalue weighted by Gasteiger charge is 2.33. The van der Waals surface area contributed by atoms with Gasteiger partial charge in [0.15, 0.2) is 0 Å². The van der Waals surface area contributed by atoms with Crippen LogP contribution < -0.4 is 5.32 Å². The molecule has 2 amide bonds. The summed E-state index contributed by atoms with van der Waals surface area (Å²) in [6, 6.07) is 3.36. The molecule has 0 bridgehead atoms. The average molecular weight is 322 g/mol. The number of aliphatic hydroxyl groups excluding tert-OH is 1. The van der Waals surface area contributed by atoms with Gasteiger partial charge < -0.3 is 19.7 Å². The van der Waals surface area contributed by atoms with E-state index < -0.39 is 11.5 Å². The monoisotopic (exact) mass is 322 g/mol. The summed E-state index contributed by atoms with van der Waals surface area (Å²) in [4.78, 5) is 26.4. The summed E-state index contributed by atoms with van der Waals surface area (Å²) in [6.07, 6.45) is 2.21. The van der Waals surface area contributed by atoms with E-state index in [4.69, 9.17) is 4.42 Å². The van der Waals surface area contributed by atoms with Gasteiger partial charge in [0.2, 0.25) is 11.8 Å². The fraction of sp³-hybridized carbons (Fsp3) is 0.647. The highest BCUT2D eigenvalue weighted by Crippen LogP contribution is 2.23. The summed E-state index contributed by atoms with van der Waals surface area (Å²) < 4.78 is 5.10. The Kier molecular flexibility index (Phi) is 5.46. The molecule has 2 atom stereocenters. The summed E-state index contributed by atoms with van der Waals surface area (Å²) in [5, 5.41) is 12.7. The molecule has 1 aromatic heterocycles. The molecule has 1 aromatic rings. The molecule has 2 N–H and O–H groups in total. The molecule has 1 aliphatic heterocycles. The molecular formula is C17H26N2O4. The molecule has 2 rings (SSSR count). The predicted octanol–water partition coefficient (Wildman–Crippen LogP) is 1.71. The van der Waals surface area contributed by atoms with Gasteiger partial charge in [-0.2, -0.15) is 0 Å². The number of amides is 2. The second kappa shape index (κ2) is 7.17. The van der Waals surface area contributed by atoms with E-state index in [1.807, 2.05) is 20.8 Å². The Morgan fingerprint density at radius 2 is 2.22 bits per heavy atom. The van der Waals surface area contributed by atoms with Crippen LogP contribution in [0.2, 0.25) is 0 Å². The zero-order chi connectivity index (χ0) is 17.0. The lowest BCUT2D eigenvalue weighted by molar-refractivity contribution is -0.142. The summed E-state index contributed by atoms with van der Waals surface area (Å²) in [6.45, 7) is 6.92. The molecule has 23 heavy (non-hydrogen) atoms. The quantitative estimate of drug-likeness (QED) is 0.884. The predicted molar refractivity (Wildman–Crippen MR) is 85.4 cm³/mol. The van der Waals surface area contributed by atoms with E-state index in [9.17, 15) is 14.7 Å². The number of hydrogen-bond acceptors (Lipinski definition) is 4.